The van der Waals surface area contributed by atoms with Crippen LogP contribution in [0.4, 0.5) is 8.78 Å². The third kappa shape index (κ3) is 1.91. The van der Waals surface area contributed by atoms with Crippen molar-refractivity contribution in [2.24, 2.45) is 10.7 Å². The minimum Gasteiger partial charge on any atom is -0.382 e. The lowest BCUT2D eigenvalue weighted by molar-refractivity contribution is 0.351. The molecule has 0 unspecified atom stereocenters. The van der Waals surface area contributed by atoms with Crippen molar-refractivity contribution in [1.29, 1.82) is 0 Å². The molecule has 2 heterocycles. The van der Waals surface area contributed by atoms with Crippen LogP contribution in [0, 0.1) is 11.6 Å². The summed E-state index contributed by atoms with van der Waals surface area (Å²) in [6.45, 7) is 1.91. The number of halogens is 3. The third-order valence-electron chi connectivity index (χ3n) is 3.28. The van der Waals surface area contributed by atoms with E-state index in [0.717, 1.165) is 6.07 Å². The van der Waals surface area contributed by atoms with Crippen molar-refractivity contribution < 1.29 is 8.78 Å². The highest BCUT2D eigenvalue weighted by molar-refractivity contribution is 9.10. The van der Waals surface area contributed by atoms with Gasteiger partial charge in [0.25, 0.3) is 0 Å². The number of aliphatic imine (C=N–C) groups is 1. The molecule has 0 amide bonds. The first-order valence-corrected chi connectivity index (χ1v) is 6.59. The fourth-order valence-corrected chi connectivity index (χ4v) is 2.75. The van der Waals surface area contributed by atoms with Gasteiger partial charge in [-0.2, -0.15) is 0 Å². The Morgan fingerprint density at radius 3 is 2.90 bits per heavy atom. The summed E-state index contributed by atoms with van der Waals surface area (Å²) >= 11 is 3.16. The number of benzene rings is 1. The monoisotopic (exact) mass is 341 g/mol. The normalized spacial score (nSPS) is 21.5. The van der Waals surface area contributed by atoms with Crippen LogP contribution in [0.3, 0.4) is 0 Å². The molecular weight excluding hydrogens is 332 g/mol. The molecule has 2 aromatic rings. The Bertz CT molecular complexity index is 727. The molecule has 1 aliphatic heterocycles. The maximum atomic E-state index is 14.1. The average molecular weight is 342 g/mol. The van der Waals surface area contributed by atoms with Crippen LogP contribution in [0.25, 0.3) is 0 Å². The van der Waals surface area contributed by atoms with Crippen LogP contribution < -0.4 is 5.73 Å². The third-order valence-corrected chi connectivity index (χ3v) is 3.74. The highest BCUT2D eigenvalue weighted by Crippen LogP contribution is 2.35. The molecule has 8 heteroatoms. The molecule has 3 rings (SSSR count). The van der Waals surface area contributed by atoms with Gasteiger partial charge in [0.05, 0.1) is 12.7 Å². The summed E-state index contributed by atoms with van der Waals surface area (Å²) in [4.78, 5) is 4.31. The standard InChI is InChI=1S/C12H10BrF2N5/c1-12(7-2-6(13)3-8(14)10(7)15)5-20-9(4-17-19-20)11(16)18-12/h2-4H,5H2,1H3,(H2,16,18)/t12-/m0/s1. The van der Waals surface area contributed by atoms with Crippen molar-refractivity contribution in [3.05, 3.63) is 45.7 Å². The van der Waals surface area contributed by atoms with Gasteiger partial charge in [-0.05, 0) is 19.1 Å². The van der Waals surface area contributed by atoms with E-state index in [-0.39, 0.29) is 17.9 Å². The molecule has 0 bridgehead atoms. The summed E-state index contributed by atoms with van der Waals surface area (Å²) in [5.74, 6) is -1.67. The zero-order valence-electron chi connectivity index (χ0n) is 10.4. The predicted molar refractivity (Wildman–Crippen MR) is 72.2 cm³/mol. The maximum absolute atomic E-state index is 14.1. The molecule has 0 saturated carbocycles. The van der Waals surface area contributed by atoms with Gasteiger partial charge in [-0.25, -0.2) is 13.5 Å². The molecule has 5 nitrogen and oxygen atoms in total. The number of fused-ring (bicyclic) bond motifs is 1. The van der Waals surface area contributed by atoms with E-state index in [1.54, 1.807) is 6.92 Å². The molecule has 1 aliphatic rings. The number of hydrogen-bond donors (Lipinski definition) is 1. The Balaban J connectivity index is 2.18. The van der Waals surface area contributed by atoms with E-state index >= 15 is 0 Å². The van der Waals surface area contributed by atoms with Crippen LogP contribution in [0.15, 0.2) is 27.8 Å². The lowest BCUT2D eigenvalue weighted by atomic mass is 9.90. The van der Waals surface area contributed by atoms with Crippen LogP contribution in [0.2, 0.25) is 0 Å². The first-order valence-electron chi connectivity index (χ1n) is 5.80. The van der Waals surface area contributed by atoms with E-state index < -0.39 is 17.2 Å². The van der Waals surface area contributed by atoms with Gasteiger partial charge < -0.3 is 5.73 Å². The van der Waals surface area contributed by atoms with E-state index in [1.807, 2.05) is 0 Å². The highest BCUT2D eigenvalue weighted by Gasteiger charge is 2.36. The van der Waals surface area contributed by atoms with Crippen molar-refractivity contribution in [2.75, 3.05) is 0 Å². The summed E-state index contributed by atoms with van der Waals surface area (Å²) in [7, 11) is 0. The zero-order valence-corrected chi connectivity index (χ0v) is 12.0. The quantitative estimate of drug-likeness (QED) is 0.806. The van der Waals surface area contributed by atoms with Crippen LogP contribution >= 0.6 is 15.9 Å². The molecule has 20 heavy (non-hydrogen) atoms. The minimum atomic E-state index is -1.04. The fraction of sp³-hybridized carbons (Fsp3) is 0.250. The zero-order chi connectivity index (χ0) is 14.5. The van der Waals surface area contributed by atoms with Crippen LogP contribution in [-0.4, -0.2) is 20.8 Å². The van der Waals surface area contributed by atoms with Crippen molar-refractivity contribution in [3.63, 3.8) is 0 Å². The molecule has 104 valence electrons. The van der Waals surface area contributed by atoms with Gasteiger partial charge in [0.15, 0.2) is 11.6 Å². The average Bonchev–Trinajstić information content (AvgIpc) is 2.81. The molecule has 1 aromatic heterocycles. The summed E-state index contributed by atoms with van der Waals surface area (Å²) in [6, 6.07) is 2.57. The lowest BCUT2D eigenvalue weighted by Crippen LogP contribution is -2.38. The Kier molecular flexibility index (Phi) is 2.86. The van der Waals surface area contributed by atoms with Crippen molar-refractivity contribution >= 4 is 21.8 Å². The number of hydrogen-bond acceptors (Lipinski definition) is 4. The van der Waals surface area contributed by atoms with E-state index in [2.05, 4.69) is 31.2 Å². The molecule has 1 aromatic carbocycles. The molecule has 0 fully saturated rings. The number of nitrogens with zero attached hydrogens (tertiary/aromatic N) is 4. The van der Waals surface area contributed by atoms with Gasteiger partial charge in [-0.15, -0.1) is 5.10 Å². The summed E-state index contributed by atoms with van der Waals surface area (Å²) in [5, 5.41) is 7.63. The molecule has 0 aliphatic carbocycles. The van der Waals surface area contributed by atoms with Crippen LogP contribution in [0.5, 0.6) is 0 Å². The molecule has 2 N–H and O–H groups in total. The van der Waals surface area contributed by atoms with Gasteiger partial charge in [0.2, 0.25) is 0 Å². The molecular formula is C12H10BrF2N5. The highest BCUT2D eigenvalue weighted by atomic mass is 79.9. The molecule has 0 saturated heterocycles. The Hall–Kier alpha value is -1.83. The summed E-state index contributed by atoms with van der Waals surface area (Å²) < 4.78 is 29.6. The second-order valence-electron chi connectivity index (χ2n) is 4.80. The maximum Gasteiger partial charge on any atom is 0.164 e. The molecule has 0 radical (unpaired) electrons. The van der Waals surface area contributed by atoms with Gasteiger partial charge in [-0.3, -0.25) is 4.99 Å². The van der Waals surface area contributed by atoms with Gasteiger partial charge >= 0.3 is 0 Å². The van der Waals surface area contributed by atoms with Gasteiger partial charge in [0.1, 0.15) is 17.1 Å². The van der Waals surface area contributed by atoms with Crippen LogP contribution in [-0.2, 0) is 12.1 Å². The van der Waals surface area contributed by atoms with Crippen molar-refractivity contribution in [1.82, 2.24) is 15.0 Å². The molecule has 0 spiro atoms. The van der Waals surface area contributed by atoms with Gasteiger partial charge in [-0.1, -0.05) is 21.1 Å². The smallest absolute Gasteiger partial charge is 0.164 e. The van der Waals surface area contributed by atoms with E-state index in [1.165, 1.54) is 16.9 Å². The fourth-order valence-electron chi connectivity index (χ4n) is 2.32. The number of aromatic nitrogens is 3. The summed E-state index contributed by atoms with van der Waals surface area (Å²) in [5.41, 5.74) is 5.50. The minimum absolute atomic E-state index is 0.119. The lowest BCUT2D eigenvalue weighted by Gasteiger charge is -2.30. The Morgan fingerprint density at radius 2 is 2.15 bits per heavy atom. The first kappa shape index (κ1) is 13.2. The Morgan fingerprint density at radius 1 is 1.40 bits per heavy atom. The SMILES string of the molecule is C[C@@]1(c2cc(Br)cc(F)c2F)Cn2nncc2C(N)=N1. The number of rotatable bonds is 1. The Labute approximate surface area is 121 Å². The second-order valence-corrected chi connectivity index (χ2v) is 5.71. The van der Waals surface area contributed by atoms with Crippen LogP contribution in [0.1, 0.15) is 18.2 Å². The van der Waals surface area contributed by atoms with E-state index in [4.69, 9.17) is 5.73 Å². The topological polar surface area (TPSA) is 69.1 Å². The predicted octanol–water partition coefficient (Wildman–Crippen LogP) is 1.95. The van der Waals surface area contributed by atoms with E-state index in [0.29, 0.717) is 10.2 Å². The van der Waals surface area contributed by atoms with Crippen molar-refractivity contribution in [2.45, 2.75) is 19.0 Å². The first-order chi connectivity index (χ1) is 9.40. The van der Waals surface area contributed by atoms with E-state index in [9.17, 15) is 8.78 Å². The van der Waals surface area contributed by atoms with Crippen molar-refractivity contribution in [3.8, 4) is 0 Å². The summed E-state index contributed by atoms with van der Waals surface area (Å²) in [6.07, 6.45) is 1.48. The largest absolute Gasteiger partial charge is 0.382 e. The number of amidine groups is 1. The second kappa shape index (κ2) is 4.34. The van der Waals surface area contributed by atoms with Gasteiger partial charge in [0, 0.05) is 10.0 Å². The number of nitrogens with two attached hydrogens (primary N) is 1. The molecule has 1 atom stereocenters.